The lowest BCUT2D eigenvalue weighted by atomic mass is 9.99. The Kier molecular flexibility index (Phi) is 5.66. The van der Waals surface area contributed by atoms with E-state index in [-0.39, 0.29) is 6.42 Å². The van der Waals surface area contributed by atoms with E-state index < -0.39 is 17.7 Å². The van der Waals surface area contributed by atoms with Gasteiger partial charge in [0.25, 0.3) is 0 Å². The summed E-state index contributed by atoms with van der Waals surface area (Å²) in [6, 6.07) is 10.6. The van der Waals surface area contributed by atoms with Crippen LogP contribution in [0.1, 0.15) is 33.7 Å². The van der Waals surface area contributed by atoms with Gasteiger partial charge < -0.3 is 5.11 Å². The first kappa shape index (κ1) is 21.2. The number of aromatic nitrogens is 1. The number of aliphatic imine (C=N–C) groups is 1. The molecule has 31 heavy (non-hydrogen) atoms. The number of carboxylic acid groups (broad SMARTS) is 1. The molecular weight excluding hydrogens is 425 g/mol. The molecule has 0 amide bonds. The average molecular weight is 444 g/mol. The number of hydrogen-bond acceptors (Lipinski definition) is 4. The van der Waals surface area contributed by atoms with E-state index in [1.165, 1.54) is 23.5 Å². The van der Waals surface area contributed by atoms with E-state index in [4.69, 9.17) is 5.11 Å². The smallest absolute Gasteiger partial charge is 0.416 e. The van der Waals surface area contributed by atoms with E-state index in [0.29, 0.717) is 17.0 Å². The van der Waals surface area contributed by atoms with Crippen LogP contribution in [0.5, 0.6) is 0 Å². The third-order valence-electron chi connectivity index (χ3n) is 5.24. The van der Waals surface area contributed by atoms with Gasteiger partial charge in [-0.1, -0.05) is 24.3 Å². The minimum atomic E-state index is -4.35. The first-order valence-electron chi connectivity index (χ1n) is 9.73. The molecule has 0 atom stereocenters. The fourth-order valence-electron chi connectivity index (χ4n) is 3.66. The fourth-order valence-corrected chi connectivity index (χ4v) is 4.73. The van der Waals surface area contributed by atoms with Crippen molar-refractivity contribution in [3.05, 3.63) is 69.7 Å². The lowest BCUT2D eigenvalue weighted by Gasteiger charge is -2.06. The number of fused-ring (bicyclic) bond motifs is 1. The van der Waals surface area contributed by atoms with Crippen molar-refractivity contribution in [2.24, 2.45) is 4.99 Å². The quantitative estimate of drug-likeness (QED) is 0.505. The Morgan fingerprint density at radius 2 is 1.87 bits per heavy atom. The molecule has 1 aromatic heterocycles. The zero-order chi connectivity index (χ0) is 22.2. The molecule has 3 aromatic rings. The molecule has 0 saturated heterocycles. The highest BCUT2D eigenvalue weighted by molar-refractivity contribution is 7.15. The van der Waals surface area contributed by atoms with Crippen molar-refractivity contribution >= 4 is 28.7 Å². The fraction of sp³-hybridized carbons (Fsp3) is 0.261. The van der Waals surface area contributed by atoms with Gasteiger partial charge >= 0.3 is 12.1 Å². The molecule has 4 rings (SSSR count). The van der Waals surface area contributed by atoms with Crippen LogP contribution in [-0.2, 0) is 30.2 Å². The molecule has 0 aliphatic carbocycles. The molecule has 1 N–H and O–H groups in total. The van der Waals surface area contributed by atoms with Crippen LogP contribution in [-0.4, -0.2) is 21.8 Å². The Balaban J connectivity index is 1.45. The Labute approximate surface area is 181 Å². The van der Waals surface area contributed by atoms with Gasteiger partial charge in [0.2, 0.25) is 0 Å². The monoisotopic (exact) mass is 444 g/mol. The molecule has 1 aliphatic rings. The largest absolute Gasteiger partial charge is 0.481 e. The summed E-state index contributed by atoms with van der Waals surface area (Å²) in [5.41, 5.74) is 4.45. The maximum absolute atomic E-state index is 12.8. The van der Waals surface area contributed by atoms with Crippen LogP contribution < -0.4 is 0 Å². The summed E-state index contributed by atoms with van der Waals surface area (Å²) in [6.45, 7) is 1.90. The number of halogens is 3. The maximum Gasteiger partial charge on any atom is 0.416 e. The van der Waals surface area contributed by atoms with Gasteiger partial charge in [0, 0.05) is 22.6 Å². The molecule has 0 saturated carbocycles. The van der Waals surface area contributed by atoms with Crippen LogP contribution in [0.2, 0.25) is 0 Å². The van der Waals surface area contributed by atoms with Crippen LogP contribution in [0.25, 0.3) is 10.6 Å². The maximum atomic E-state index is 12.8. The van der Waals surface area contributed by atoms with Crippen molar-refractivity contribution in [2.45, 2.75) is 38.8 Å². The van der Waals surface area contributed by atoms with Gasteiger partial charge in [-0.15, -0.1) is 11.3 Å². The number of carboxylic acids is 1. The molecular formula is C23H19F3N2O2S. The van der Waals surface area contributed by atoms with Gasteiger partial charge in [0.15, 0.2) is 0 Å². The summed E-state index contributed by atoms with van der Waals surface area (Å²) < 4.78 is 38.3. The molecule has 0 fully saturated rings. The second-order valence-electron chi connectivity index (χ2n) is 7.44. The number of aryl methyl sites for hydroxylation is 2. The summed E-state index contributed by atoms with van der Waals surface area (Å²) in [7, 11) is 0. The highest BCUT2D eigenvalue weighted by Crippen LogP contribution is 2.34. The molecule has 0 spiro atoms. The topological polar surface area (TPSA) is 62.5 Å². The molecule has 160 valence electrons. The number of rotatable bonds is 6. The lowest BCUT2D eigenvalue weighted by Crippen LogP contribution is -2.05. The van der Waals surface area contributed by atoms with Crippen LogP contribution in [0, 0.1) is 6.92 Å². The summed E-state index contributed by atoms with van der Waals surface area (Å²) in [6.07, 6.45) is -2.28. The minimum absolute atomic E-state index is 0.0174. The van der Waals surface area contributed by atoms with E-state index in [0.717, 1.165) is 58.1 Å². The highest BCUT2D eigenvalue weighted by Gasteiger charge is 2.30. The molecule has 0 radical (unpaired) electrons. The van der Waals surface area contributed by atoms with E-state index in [1.54, 1.807) is 0 Å². The normalized spacial score (nSPS) is 13.2. The number of aliphatic carboxylic acids is 1. The second kappa shape index (κ2) is 8.26. The van der Waals surface area contributed by atoms with Gasteiger partial charge in [0.05, 0.1) is 23.4 Å². The summed E-state index contributed by atoms with van der Waals surface area (Å²) in [4.78, 5) is 21.4. The van der Waals surface area contributed by atoms with E-state index in [1.807, 2.05) is 25.1 Å². The first-order valence-corrected chi connectivity index (χ1v) is 10.6. The first-order chi connectivity index (χ1) is 14.7. The van der Waals surface area contributed by atoms with Crippen molar-refractivity contribution < 1.29 is 23.1 Å². The molecule has 2 heterocycles. The zero-order valence-electron chi connectivity index (χ0n) is 16.7. The van der Waals surface area contributed by atoms with Gasteiger partial charge in [0.1, 0.15) is 5.01 Å². The third-order valence-corrected chi connectivity index (χ3v) is 6.51. The Hall–Kier alpha value is -3.00. The minimum Gasteiger partial charge on any atom is -0.481 e. The van der Waals surface area contributed by atoms with E-state index in [2.05, 4.69) is 9.98 Å². The van der Waals surface area contributed by atoms with Gasteiger partial charge in [-0.05, 0) is 49.1 Å². The zero-order valence-corrected chi connectivity index (χ0v) is 17.5. The van der Waals surface area contributed by atoms with Crippen molar-refractivity contribution in [3.8, 4) is 10.6 Å². The third kappa shape index (κ3) is 4.69. The van der Waals surface area contributed by atoms with Crippen molar-refractivity contribution in [1.29, 1.82) is 0 Å². The Morgan fingerprint density at radius 3 is 2.55 bits per heavy atom. The molecule has 2 aromatic carbocycles. The summed E-state index contributed by atoms with van der Waals surface area (Å²) in [5.74, 6) is -0.863. The summed E-state index contributed by atoms with van der Waals surface area (Å²) >= 11 is 1.48. The number of alkyl halides is 3. The van der Waals surface area contributed by atoms with Gasteiger partial charge in [-0.3, -0.25) is 9.79 Å². The van der Waals surface area contributed by atoms with Crippen molar-refractivity contribution in [3.63, 3.8) is 0 Å². The second-order valence-corrected chi connectivity index (χ2v) is 8.53. The van der Waals surface area contributed by atoms with Crippen LogP contribution in [0.4, 0.5) is 18.9 Å². The van der Waals surface area contributed by atoms with Crippen LogP contribution in [0.3, 0.4) is 0 Å². The summed E-state index contributed by atoms with van der Waals surface area (Å²) in [5, 5.41) is 9.80. The number of nitrogens with zero attached hydrogens (tertiary/aromatic N) is 2. The molecule has 8 heteroatoms. The SMILES string of the molecule is Cc1nc(-c2ccc(C(F)(F)F)cc2)sc1CCC1=Nc2cccc(CC(=O)O)c2C1. The number of hydrogen-bond donors (Lipinski definition) is 1. The number of benzene rings is 2. The van der Waals surface area contributed by atoms with Gasteiger partial charge in [-0.2, -0.15) is 13.2 Å². The number of thiazole rings is 1. The van der Waals surface area contributed by atoms with Crippen molar-refractivity contribution in [1.82, 2.24) is 4.98 Å². The van der Waals surface area contributed by atoms with Gasteiger partial charge in [-0.25, -0.2) is 4.98 Å². The molecule has 0 bridgehead atoms. The predicted octanol–water partition coefficient (Wildman–Crippen LogP) is 6.03. The number of carbonyl (C=O) groups is 1. The molecule has 4 nitrogen and oxygen atoms in total. The predicted molar refractivity (Wildman–Crippen MR) is 114 cm³/mol. The van der Waals surface area contributed by atoms with Crippen LogP contribution >= 0.6 is 11.3 Å². The Morgan fingerprint density at radius 1 is 1.13 bits per heavy atom. The lowest BCUT2D eigenvalue weighted by molar-refractivity contribution is -0.138. The highest BCUT2D eigenvalue weighted by atomic mass is 32.1. The van der Waals surface area contributed by atoms with Crippen molar-refractivity contribution in [2.75, 3.05) is 0 Å². The van der Waals surface area contributed by atoms with E-state index >= 15 is 0 Å². The van der Waals surface area contributed by atoms with Crippen LogP contribution in [0.15, 0.2) is 47.5 Å². The Bertz CT molecular complexity index is 1160. The van der Waals surface area contributed by atoms with E-state index in [9.17, 15) is 18.0 Å². The standard InChI is InChI=1S/C23H19F3N2O2S/c1-13-20(31-22(27-13)14-5-7-16(8-6-14)23(24,25)26)10-9-17-12-18-15(11-21(29)30)3-2-4-19(18)28-17/h2-8H,9-12H2,1H3,(H,29,30). The average Bonchev–Trinajstić information content (AvgIpc) is 3.29. The molecule has 0 unspecified atom stereocenters. The molecule has 1 aliphatic heterocycles.